The molecule has 0 aliphatic carbocycles. The van der Waals surface area contributed by atoms with E-state index in [4.69, 9.17) is 4.42 Å². The van der Waals surface area contributed by atoms with Gasteiger partial charge in [-0.15, -0.1) is 0 Å². The first-order valence-corrected chi connectivity index (χ1v) is 8.97. The quantitative estimate of drug-likeness (QED) is 0.849. The summed E-state index contributed by atoms with van der Waals surface area (Å²) in [5.41, 5.74) is 1.50. The van der Waals surface area contributed by atoms with Crippen LogP contribution < -0.4 is 0 Å². The average Bonchev–Trinajstić information content (AvgIpc) is 3.19. The Morgan fingerprint density at radius 3 is 2.73 bits per heavy atom. The number of carbonyl (C=O) groups excluding carboxylic acids is 2. The Hall–Kier alpha value is -2.63. The molecule has 5 nitrogen and oxygen atoms in total. The summed E-state index contributed by atoms with van der Waals surface area (Å²) in [6.07, 6.45) is 5.04. The maximum absolute atomic E-state index is 13.1. The standard InChI is InChI=1S/C20H21FN2O3/c21-17-4-1-14(2-5-17)11-23-18-7-9-22(12-15(18)3-6-19(23)24)20(25)16-8-10-26-13-16/h1-2,4-5,8,10,13,15,18H,3,6-7,9,11-12H2/t15-,18+/m0/s1. The van der Waals surface area contributed by atoms with Crippen LogP contribution in [0.15, 0.2) is 47.3 Å². The van der Waals surface area contributed by atoms with Crippen LogP contribution in [-0.4, -0.2) is 40.7 Å². The SMILES string of the molecule is O=C(c1ccoc1)N1CC[C@@H]2[C@@H](CCC(=O)N2Cc2ccc(F)cc2)C1. The fraction of sp³-hybridized carbons (Fsp3) is 0.400. The molecule has 1 aromatic carbocycles. The van der Waals surface area contributed by atoms with Gasteiger partial charge in [0.25, 0.3) is 5.91 Å². The zero-order valence-electron chi connectivity index (χ0n) is 14.4. The van der Waals surface area contributed by atoms with Crippen LogP contribution in [0.2, 0.25) is 0 Å². The molecule has 4 rings (SSSR count). The normalized spacial score (nSPS) is 23.0. The number of benzene rings is 1. The molecule has 0 spiro atoms. The van der Waals surface area contributed by atoms with Crippen molar-refractivity contribution in [1.82, 2.24) is 9.80 Å². The molecule has 136 valence electrons. The lowest BCUT2D eigenvalue weighted by Gasteiger charge is -2.47. The highest BCUT2D eigenvalue weighted by atomic mass is 19.1. The fourth-order valence-electron chi connectivity index (χ4n) is 4.10. The molecule has 0 N–H and O–H groups in total. The lowest BCUT2D eigenvalue weighted by atomic mass is 9.83. The predicted molar refractivity (Wildman–Crippen MR) is 92.7 cm³/mol. The zero-order chi connectivity index (χ0) is 18.1. The highest BCUT2D eigenvalue weighted by Crippen LogP contribution is 2.33. The molecular formula is C20H21FN2O3. The minimum absolute atomic E-state index is 0.0146. The summed E-state index contributed by atoms with van der Waals surface area (Å²) in [5.74, 6) is 0.129. The van der Waals surface area contributed by atoms with Crippen molar-refractivity contribution in [2.45, 2.75) is 31.8 Å². The van der Waals surface area contributed by atoms with Gasteiger partial charge in [0.05, 0.1) is 11.8 Å². The third-order valence-electron chi connectivity index (χ3n) is 5.47. The van der Waals surface area contributed by atoms with Crippen molar-refractivity contribution in [3.05, 3.63) is 59.8 Å². The summed E-state index contributed by atoms with van der Waals surface area (Å²) >= 11 is 0. The Labute approximate surface area is 151 Å². The number of furan rings is 1. The van der Waals surface area contributed by atoms with Crippen LogP contribution in [0, 0.1) is 11.7 Å². The van der Waals surface area contributed by atoms with E-state index in [1.807, 2.05) is 9.80 Å². The van der Waals surface area contributed by atoms with Crippen LogP contribution in [0.25, 0.3) is 0 Å². The van der Waals surface area contributed by atoms with E-state index < -0.39 is 0 Å². The number of halogens is 1. The molecule has 0 radical (unpaired) electrons. The van der Waals surface area contributed by atoms with Crippen LogP contribution >= 0.6 is 0 Å². The molecule has 26 heavy (non-hydrogen) atoms. The highest BCUT2D eigenvalue weighted by molar-refractivity contribution is 5.94. The van der Waals surface area contributed by atoms with Gasteiger partial charge in [-0.3, -0.25) is 9.59 Å². The third-order valence-corrected chi connectivity index (χ3v) is 5.47. The molecule has 2 aliphatic rings. The van der Waals surface area contributed by atoms with Crippen LogP contribution in [0.1, 0.15) is 35.2 Å². The van der Waals surface area contributed by atoms with Crippen LogP contribution in [0.4, 0.5) is 4.39 Å². The van der Waals surface area contributed by atoms with Crippen LogP contribution in [0.3, 0.4) is 0 Å². The van der Waals surface area contributed by atoms with Crippen molar-refractivity contribution in [3.8, 4) is 0 Å². The summed E-state index contributed by atoms with van der Waals surface area (Å²) in [7, 11) is 0. The van der Waals surface area contributed by atoms with Crippen molar-refractivity contribution >= 4 is 11.8 Å². The van der Waals surface area contributed by atoms with E-state index in [1.165, 1.54) is 24.7 Å². The molecule has 1 aromatic heterocycles. The third kappa shape index (κ3) is 3.23. The second-order valence-corrected chi connectivity index (χ2v) is 7.07. The van der Waals surface area contributed by atoms with Crippen molar-refractivity contribution < 1.29 is 18.4 Å². The maximum Gasteiger partial charge on any atom is 0.257 e. The average molecular weight is 356 g/mol. The van der Waals surface area contributed by atoms with Crippen LogP contribution in [-0.2, 0) is 11.3 Å². The largest absolute Gasteiger partial charge is 0.472 e. The van der Waals surface area contributed by atoms with E-state index in [2.05, 4.69) is 0 Å². The number of hydrogen-bond donors (Lipinski definition) is 0. The van der Waals surface area contributed by atoms with Crippen molar-refractivity contribution in [3.63, 3.8) is 0 Å². The summed E-state index contributed by atoms with van der Waals surface area (Å²) < 4.78 is 18.1. The number of fused-ring (bicyclic) bond motifs is 1. The molecule has 2 saturated heterocycles. The Bertz CT molecular complexity index is 788. The zero-order valence-corrected chi connectivity index (χ0v) is 14.4. The van der Waals surface area contributed by atoms with Gasteiger partial charge in [-0.25, -0.2) is 4.39 Å². The van der Waals surface area contributed by atoms with E-state index >= 15 is 0 Å². The molecule has 2 amide bonds. The number of likely N-dealkylation sites (tertiary alicyclic amines) is 2. The molecule has 2 aliphatic heterocycles. The summed E-state index contributed by atoms with van der Waals surface area (Å²) in [5, 5.41) is 0. The Morgan fingerprint density at radius 1 is 1.19 bits per heavy atom. The molecule has 0 bridgehead atoms. The van der Waals surface area contributed by atoms with Gasteiger partial charge in [0.2, 0.25) is 5.91 Å². The molecule has 2 fully saturated rings. The molecular weight excluding hydrogens is 335 g/mol. The van der Waals surface area contributed by atoms with Gasteiger partial charge in [-0.1, -0.05) is 12.1 Å². The van der Waals surface area contributed by atoms with Crippen molar-refractivity contribution in [2.24, 2.45) is 5.92 Å². The first-order chi connectivity index (χ1) is 12.6. The number of carbonyl (C=O) groups is 2. The molecule has 0 unspecified atom stereocenters. The lowest BCUT2D eigenvalue weighted by molar-refractivity contribution is -0.141. The Balaban J connectivity index is 1.46. The lowest BCUT2D eigenvalue weighted by Crippen LogP contribution is -2.56. The van der Waals surface area contributed by atoms with E-state index in [0.29, 0.717) is 31.6 Å². The summed E-state index contributed by atoms with van der Waals surface area (Å²) in [6, 6.07) is 8.11. The highest BCUT2D eigenvalue weighted by Gasteiger charge is 2.40. The second-order valence-electron chi connectivity index (χ2n) is 7.07. The van der Waals surface area contributed by atoms with Crippen molar-refractivity contribution in [1.29, 1.82) is 0 Å². The molecule has 2 atom stereocenters. The van der Waals surface area contributed by atoms with Gasteiger partial charge < -0.3 is 14.2 Å². The van der Waals surface area contributed by atoms with Crippen LogP contribution in [0.5, 0.6) is 0 Å². The van der Waals surface area contributed by atoms with Gasteiger partial charge in [-0.2, -0.15) is 0 Å². The van der Waals surface area contributed by atoms with E-state index in [-0.39, 0.29) is 29.6 Å². The van der Waals surface area contributed by atoms with E-state index in [9.17, 15) is 14.0 Å². The van der Waals surface area contributed by atoms with E-state index in [1.54, 1.807) is 18.2 Å². The number of nitrogens with zero attached hydrogens (tertiary/aromatic N) is 2. The number of piperidine rings is 2. The molecule has 3 heterocycles. The molecule has 6 heteroatoms. The summed E-state index contributed by atoms with van der Waals surface area (Å²) in [6.45, 7) is 1.77. The Morgan fingerprint density at radius 2 is 2.00 bits per heavy atom. The van der Waals surface area contributed by atoms with Gasteiger partial charge in [0, 0.05) is 32.1 Å². The Kier molecular flexibility index (Phi) is 4.49. The number of amides is 2. The van der Waals surface area contributed by atoms with E-state index in [0.717, 1.165) is 18.4 Å². The molecule has 2 aromatic rings. The minimum Gasteiger partial charge on any atom is -0.472 e. The number of rotatable bonds is 3. The maximum atomic E-state index is 13.1. The number of hydrogen-bond acceptors (Lipinski definition) is 3. The van der Waals surface area contributed by atoms with Gasteiger partial charge in [0.15, 0.2) is 0 Å². The topological polar surface area (TPSA) is 53.8 Å². The van der Waals surface area contributed by atoms with Crippen molar-refractivity contribution in [2.75, 3.05) is 13.1 Å². The summed E-state index contributed by atoms with van der Waals surface area (Å²) in [4.78, 5) is 28.8. The first-order valence-electron chi connectivity index (χ1n) is 8.97. The fourth-order valence-corrected chi connectivity index (χ4v) is 4.10. The first kappa shape index (κ1) is 16.8. The monoisotopic (exact) mass is 356 g/mol. The van der Waals surface area contributed by atoms with Gasteiger partial charge >= 0.3 is 0 Å². The predicted octanol–water partition coefficient (Wildman–Crippen LogP) is 3.07. The smallest absolute Gasteiger partial charge is 0.257 e. The molecule has 0 saturated carbocycles. The second kappa shape index (κ2) is 6.94. The van der Waals surface area contributed by atoms with Gasteiger partial charge in [0.1, 0.15) is 12.1 Å². The minimum atomic E-state index is -0.275. The van der Waals surface area contributed by atoms with Gasteiger partial charge in [-0.05, 0) is 42.5 Å².